The molecule has 1 unspecified atom stereocenters. The third-order valence-corrected chi connectivity index (χ3v) is 3.69. The maximum absolute atomic E-state index is 12.5. The molecule has 0 radical (unpaired) electrons. The minimum atomic E-state index is -0.161. The van der Waals surface area contributed by atoms with Gasteiger partial charge in [0.05, 0.1) is 18.8 Å². The summed E-state index contributed by atoms with van der Waals surface area (Å²) in [6.07, 6.45) is 0. The van der Waals surface area contributed by atoms with E-state index in [0.717, 1.165) is 11.3 Å². The van der Waals surface area contributed by atoms with E-state index >= 15 is 0 Å². The molecule has 1 aromatic heterocycles. The van der Waals surface area contributed by atoms with Gasteiger partial charge in [-0.1, -0.05) is 31.1 Å². The molecule has 0 saturated carbocycles. The molecule has 1 heterocycles. The lowest BCUT2D eigenvalue weighted by atomic mass is 9.95. The fraction of sp³-hybridized carbons (Fsp3) is 0.412. The minimum absolute atomic E-state index is 0.0906. The number of benzene rings is 1. The van der Waals surface area contributed by atoms with Crippen LogP contribution in [0.25, 0.3) is 0 Å². The fourth-order valence-corrected chi connectivity index (χ4v) is 2.47. The SMILES string of the molecule is COc1ccc(C(NC(=O)c2c(C)noc2C)C(C)C)cc1. The molecule has 1 atom stereocenters. The largest absolute Gasteiger partial charge is 0.497 e. The van der Waals surface area contributed by atoms with Gasteiger partial charge in [-0.05, 0) is 37.5 Å². The maximum atomic E-state index is 12.5. The van der Waals surface area contributed by atoms with E-state index in [0.29, 0.717) is 17.0 Å². The molecule has 22 heavy (non-hydrogen) atoms. The number of nitrogens with zero attached hydrogens (tertiary/aromatic N) is 1. The van der Waals surface area contributed by atoms with Gasteiger partial charge in [0.25, 0.3) is 5.91 Å². The number of carbonyl (C=O) groups excluding carboxylic acids is 1. The lowest BCUT2D eigenvalue weighted by Gasteiger charge is -2.23. The summed E-state index contributed by atoms with van der Waals surface area (Å²) in [4.78, 5) is 12.5. The van der Waals surface area contributed by atoms with Crippen molar-refractivity contribution < 1.29 is 14.1 Å². The lowest BCUT2D eigenvalue weighted by Crippen LogP contribution is -2.32. The van der Waals surface area contributed by atoms with Gasteiger partial charge in [-0.3, -0.25) is 4.79 Å². The molecular weight excluding hydrogens is 280 g/mol. The van der Waals surface area contributed by atoms with E-state index in [1.165, 1.54) is 0 Å². The van der Waals surface area contributed by atoms with E-state index in [9.17, 15) is 4.79 Å². The third kappa shape index (κ3) is 3.30. The zero-order valence-corrected chi connectivity index (χ0v) is 13.6. The van der Waals surface area contributed by atoms with E-state index in [1.807, 2.05) is 24.3 Å². The normalized spacial score (nSPS) is 12.3. The lowest BCUT2D eigenvalue weighted by molar-refractivity contribution is 0.0923. The first-order chi connectivity index (χ1) is 10.4. The number of carbonyl (C=O) groups is 1. The Hall–Kier alpha value is -2.30. The van der Waals surface area contributed by atoms with Gasteiger partial charge >= 0.3 is 0 Å². The van der Waals surface area contributed by atoms with Crippen molar-refractivity contribution in [2.24, 2.45) is 5.92 Å². The number of hydrogen-bond donors (Lipinski definition) is 1. The zero-order valence-electron chi connectivity index (χ0n) is 13.6. The van der Waals surface area contributed by atoms with E-state index in [1.54, 1.807) is 21.0 Å². The van der Waals surface area contributed by atoms with Crippen molar-refractivity contribution in [3.63, 3.8) is 0 Å². The predicted octanol–water partition coefficient (Wildman–Crippen LogP) is 3.43. The number of aryl methyl sites for hydroxylation is 2. The van der Waals surface area contributed by atoms with Crippen LogP contribution in [0.15, 0.2) is 28.8 Å². The summed E-state index contributed by atoms with van der Waals surface area (Å²) in [7, 11) is 1.63. The number of nitrogens with one attached hydrogen (secondary N) is 1. The van der Waals surface area contributed by atoms with Crippen LogP contribution in [-0.4, -0.2) is 18.2 Å². The highest BCUT2D eigenvalue weighted by Gasteiger charge is 2.23. The van der Waals surface area contributed by atoms with Crippen LogP contribution in [0.4, 0.5) is 0 Å². The van der Waals surface area contributed by atoms with E-state index in [2.05, 4.69) is 24.3 Å². The molecule has 0 saturated heterocycles. The van der Waals surface area contributed by atoms with Crippen LogP contribution in [0.2, 0.25) is 0 Å². The van der Waals surface area contributed by atoms with Crippen LogP contribution in [-0.2, 0) is 0 Å². The second kappa shape index (κ2) is 6.64. The molecule has 2 rings (SSSR count). The Morgan fingerprint density at radius 1 is 1.23 bits per heavy atom. The summed E-state index contributed by atoms with van der Waals surface area (Å²) in [5.41, 5.74) is 2.15. The molecule has 118 valence electrons. The van der Waals surface area contributed by atoms with Gasteiger partial charge < -0.3 is 14.6 Å². The first-order valence-electron chi connectivity index (χ1n) is 7.31. The first kappa shape index (κ1) is 16.1. The van der Waals surface area contributed by atoms with Gasteiger partial charge in [0.15, 0.2) is 0 Å². The molecule has 0 aliphatic carbocycles. The van der Waals surface area contributed by atoms with Gasteiger partial charge in [-0.25, -0.2) is 0 Å². The maximum Gasteiger partial charge on any atom is 0.257 e. The third-order valence-electron chi connectivity index (χ3n) is 3.69. The van der Waals surface area contributed by atoms with Gasteiger partial charge in [-0.2, -0.15) is 0 Å². The summed E-state index contributed by atoms with van der Waals surface area (Å²) in [5, 5.41) is 6.91. The number of ether oxygens (including phenoxy) is 1. The molecule has 0 fully saturated rings. The summed E-state index contributed by atoms with van der Waals surface area (Å²) in [6, 6.07) is 7.64. The quantitative estimate of drug-likeness (QED) is 0.919. The monoisotopic (exact) mass is 302 g/mol. The van der Waals surface area contributed by atoms with Crippen LogP contribution < -0.4 is 10.1 Å². The Labute approximate surface area is 130 Å². The Balaban J connectivity index is 2.23. The van der Waals surface area contributed by atoms with Crippen LogP contribution >= 0.6 is 0 Å². The van der Waals surface area contributed by atoms with Crippen molar-refractivity contribution in [3.8, 4) is 5.75 Å². The van der Waals surface area contributed by atoms with Crippen molar-refractivity contribution in [2.45, 2.75) is 33.7 Å². The van der Waals surface area contributed by atoms with Gasteiger partial charge in [0.1, 0.15) is 17.1 Å². The van der Waals surface area contributed by atoms with Crippen molar-refractivity contribution in [2.75, 3.05) is 7.11 Å². The summed E-state index contributed by atoms with van der Waals surface area (Å²) in [6.45, 7) is 7.65. The van der Waals surface area contributed by atoms with Crippen molar-refractivity contribution >= 4 is 5.91 Å². The molecule has 5 heteroatoms. The second-order valence-electron chi connectivity index (χ2n) is 5.67. The Morgan fingerprint density at radius 3 is 2.32 bits per heavy atom. The van der Waals surface area contributed by atoms with Crippen LogP contribution in [0, 0.1) is 19.8 Å². The minimum Gasteiger partial charge on any atom is -0.497 e. The molecule has 1 N–H and O–H groups in total. The zero-order chi connectivity index (χ0) is 16.3. The number of methoxy groups -OCH3 is 1. The molecule has 0 aliphatic rings. The van der Waals surface area contributed by atoms with Crippen LogP contribution in [0.5, 0.6) is 5.75 Å². The van der Waals surface area contributed by atoms with E-state index < -0.39 is 0 Å². The average Bonchev–Trinajstić information content (AvgIpc) is 2.83. The second-order valence-corrected chi connectivity index (χ2v) is 5.67. The van der Waals surface area contributed by atoms with Gasteiger partial charge in [0, 0.05) is 0 Å². The number of rotatable bonds is 5. The molecule has 5 nitrogen and oxygen atoms in total. The highest BCUT2D eigenvalue weighted by atomic mass is 16.5. The van der Waals surface area contributed by atoms with Crippen molar-refractivity contribution in [1.82, 2.24) is 10.5 Å². The molecule has 0 aliphatic heterocycles. The Morgan fingerprint density at radius 2 is 1.86 bits per heavy atom. The Kier molecular flexibility index (Phi) is 4.85. The molecule has 0 spiro atoms. The number of amides is 1. The topological polar surface area (TPSA) is 64.4 Å². The van der Waals surface area contributed by atoms with Crippen molar-refractivity contribution in [1.29, 1.82) is 0 Å². The molecule has 1 aromatic carbocycles. The molecule has 0 bridgehead atoms. The summed E-state index contributed by atoms with van der Waals surface area (Å²) in [5.74, 6) is 1.42. The predicted molar refractivity (Wildman–Crippen MR) is 84.0 cm³/mol. The van der Waals surface area contributed by atoms with Crippen LogP contribution in [0.1, 0.15) is 47.3 Å². The Bertz CT molecular complexity index is 625. The van der Waals surface area contributed by atoms with Gasteiger partial charge in [0.2, 0.25) is 0 Å². The van der Waals surface area contributed by atoms with Gasteiger partial charge in [-0.15, -0.1) is 0 Å². The average molecular weight is 302 g/mol. The summed E-state index contributed by atoms with van der Waals surface area (Å²) >= 11 is 0. The first-order valence-corrected chi connectivity index (χ1v) is 7.31. The number of aromatic nitrogens is 1. The molecular formula is C17H22N2O3. The fourth-order valence-electron chi connectivity index (χ4n) is 2.47. The molecule has 1 amide bonds. The highest BCUT2D eigenvalue weighted by Crippen LogP contribution is 2.25. The van der Waals surface area contributed by atoms with E-state index in [4.69, 9.17) is 9.26 Å². The smallest absolute Gasteiger partial charge is 0.257 e. The highest BCUT2D eigenvalue weighted by molar-refractivity contribution is 5.96. The summed E-state index contributed by atoms with van der Waals surface area (Å²) < 4.78 is 10.2. The standard InChI is InChI=1S/C17H22N2O3/c1-10(2)16(13-6-8-14(21-5)9-7-13)18-17(20)15-11(3)19-22-12(15)4/h6-10,16H,1-5H3,(H,18,20). The molecule has 2 aromatic rings. The van der Waals surface area contributed by atoms with Crippen LogP contribution in [0.3, 0.4) is 0 Å². The number of hydrogen-bond acceptors (Lipinski definition) is 4. The van der Waals surface area contributed by atoms with Crippen molar-refractivity contribution in [3.05, 3.63) is 46.8 Å². The van der Waals surface area contributed by atoms with E-state index in [-0.39, 0.29) is 17.9 Å².